The Balaban J connectivity index is 2.84. The van der Waals surface area contributed by atoms with Gasteiger partial charge in [0.2, 0.25) is 0 Å². The molecular weight excluding hydrogens is 134 g/mol. The second-order valence-corrected chi connectivity index (χ2v) is 1.77. The largest absolute Gasteiger partial charge is 0.511 e. The minimum Gasteiger partial charge on any atom is -0.420 e. The minimum atomic E-state index is -0.475. The van der Waals surface area contributed by atoms with E-state index >= 15 is 0 Å². The Hall–Kier alpha value is -0.610. The van der Waals surface area contributed by atoms with Gasteiger partial charge in [0.25, 0.3) is 0 Å². The Kier molecular flexibility index (Phi) is 6.11. The van der Waals surface area contributed by atoms with Gasteiger partial charge in [-0.15, -0.1) is 0 Å². The summed E-state index contributed by atoms with van der Waals surface area (Å²) in [6, 6.07) is 0. The summed E-state index contributed by atoms with van der Waals surface area (Å²) in [7, 11) is 0. The van der Waals surface area contributed by atoms with E-state index in [1.54, 1.807) is 0 Å². The van der Waals surface area contributed by atoms with Crippen molar-refractivity contribution in [2.24, 2.45) is 0 Å². The van der Waals surface area contributed by atoms with Crippen LogP contribution >= 0.6 is 0 Å². The molecule has 0 aliphatic rings. The lowest BCUT2D eigenvalue weighted by Gasteiger charge is -1.98. The molecular formula is C6H14NO3+. The quantitative estimate of drug-likeness (QED) is 0.549. The van der Waals surface area contributed by atoms with Gasteiger partial charge in [0, 0.05) is 19.6 Å². The van der Waals surface area contributed by atoms with Gasteiger partial charge in [-0.3, -0.25) is 5.73 Å². The van der Waals surface area contributed by atoms with Crippen molar-refractivity contribution in [2.75, 3.05) is 19.8 Å². The molecule has 0 radical (unpaired) electrons. The first-order chi connectivity index (χ1) is 4.77. The fraction of sp³-hybridized carbons (Fsp3) is 0.833. The summed E-state index contributed by atoms with van der Waals surface area (Å²) in [6.45, 7) is 3.68. The van der Waals surface area contributed by atoms with Crippen LogP contribution in [0.5, 0.6) is 0 Å². The highest BCUT2D eigenvalue weighted by Crippen LogP contribution is 1.83. The number of rotatable bonds is 5. The molecule has 60 valence electrons. The zero-order valence-corrected chi connectivity index (χ0v) is 6.26. The molecule has 0 aromatic heterocycles. The Morgan fingerprint density at radius 2 is 2.20 bits per heavy atom. The lowest BCUT2D eigenvalue weighted by atomic mass is 10.5. The monoisotopic (exact) mass is 148 g/mol. The van der Waals surface area contributed by atoms with E-state index in [1.165, 1.54) is 0 Å². The number of quaternary nitrogens is 1. The van der Waals surface area contributed by atoms with Crippen LogP contribution in [0.15, 0.2) is 0 Å². The highest BCUT2D eigenvalue weighted by molar-refractivity contribution is 5.53. The summed E-state index contributed by atoms with van der Waals surface area (Å²) in [6.07, 6.45) is 0.270. The van der Waals surface area contributed by atoms with Crippen LogP contribution < -0.4 is 5.73 Å². The fourth-order valence-corrected chi connectivity index (χ4v) is 0.491. The van der Waals surface area contributed by atoms with E-state index in [0.29, 0.717) is 19.8 Å². The van der Waals surface area contributed by atoms with Crippen LogP contribution in [0.25, 0.3) is 0 Å². The summed E-state index contributed by atoms with van der Waals surface area (Å²) in [5.74, 6) is 0. The Morgan fingerprint density at radius 1 is 1.50 bits per heavy atom. The standard InChI is InChI=1S/C6H13NO3/c1-2-9-4-3-5-10-6(7)8/h2-5H2,1H3,(H2,7,8)/p+1. The van der Waals surface area contributed by atoms with Gasteiger partial charge < -0.3 is 9.47 Å². The zero-order chi connectivity index (χ0) is 7.82. The Labute approximate surface area is 60.3 Å². The predicted molar refractivity (Wildman–Crippen MR) is 35.3 cm³/mol. The topological polar surface area (TPSA) is 63.2 Å². The van der Waals surface area contributed by atoms with E-state index in [0.717, 1.165) is 6.42 Å². The Bertz CT molecular complexity index is 95.0. The van der Waals surface area contributed by atoms with Gasteiger partial charge in [0.1, 0.15) is 0 Å². The molecule has 0 spiro atoms. The molecule has 0 aromatic rings. The number of ether oxygens (including phenoxy) is 2. The van der Waals surface area contributed by atoms with Crippen LogP contribution in [-0.2, 0) is 9.47 Å². The lowest BCUT2D eigenvalue weighted by Crippen LogP contribution is -2.57. The number of hydrogen-bond donors (Lipinski definition) is 1. The summed E-state index contributed by atoms with van der Waals surface area (Å²) in [4.78, 5) is 10.1. The van der Waals surface area contributed by atoms with Crippen molar-refractivity contribution in [3.63, 3.8) is 0 Å². The van der Waals surface area contributed by atoms with Crippen LogP contribution in [0, 0.1) is 0 Å². The van der Waals surface area contributed by atoms with E-state index in [1.807, 2.05) is 6.92 Å². The van der Waals surface area contributed by atoms with Crippen LogP contribution in [0.1, 0.15) is 13.3 Å². The van der Waals surface area contributed by atoms with Gasteiger partial charge in [-0.25, -0.2) is 0 Å². The molecule has 4 heteroatoms. The van der Waals surface area contributed by atoms with E-state index in [4.69, 9.17) is 4.74 Å². The first-order valence-electron chi connectivity index (χ1n) is 3.33. The van der Waals surface area contributed by atoms with Crippen LogP contribution in [0.4, 0.5) is 4.79 Å². The molecule has 0 aliphatic heterocycles. The fourth-order valence-electron chi connectivity index (χ4n) is 0.491. The van der Waals surface area contributed by atoms with Gasteiger partial charge in [-0.2, -0.15) is 4.79 Å². The maximum absolute atomic E-state index is 10.1. The van der Waals surface area contributed by atoms with Crippen LogP contribution in [0.2, 0.25) is 0 Å². The average Bonchev–Trinajstić information content (AvgIpc) is 1.87. The molecule has 0 unspecified atom stereocenters. The maximum atomic E-state index is 10.1. The van der Waals surface area contributed by atoms with Gasteiger partial charge >= 0.3 is 6.09 Å². The summed E-state index contributed by atoms with van der Waals surface area (Å²) in [5.41, 5.74) is 3.05. The highest BCUT2D eigenvalue weighted by Gasteiger charge is 1.95. The minimum absolute atomic E-state index is 0.405. The van der Waals surface area contributed by atoms with Crippen molar-refractivity contribution < 1.29 is 20.0 Å². The zero-order valence-electron chi connectivity index (χ0n) is 6.26. The predicted octanol–water partition coefficient (Wildman–Crippen LogP) is -0.209. The van der Waals surface area contributed by atoms with Gasteiger partial charge in [0.05, 0.1) is 6.61 Å². The van der Waals surface area contributed by atoms with Crippen molar-refractivity contribution in [2.45, 2.75) is 13.3 Å². The lowest BCUT2D eigenvalue weighted by molar-refractivity contribution is -0.282. The van der Waals surface area contributed by atoms with Crippen LogP contribution in [0.3, 0.4) is 0 Å². The molecule has 0 saturated carbocycles. The first kappa shape index (κ1) is 9.39. The highest BCUT2D eigenvalue weighted by atomic mass is 16.5. The number of carbonyl (C=O) groups is 1. The summed E-state index contributed by atoms with van der Waals surface area (Å²) in [5, 5.41) is 0. The molecule has 0 rings (SSSR count). The summed E-state index contributed by atoms with van der Waals surface area (Å²) >= 11 is 0. The van der Waals surface area contributed by atoms with E-state index in [2.05, 4.69) is 10.5 Å². The van der Waals surface area contributed by atoms with Crippen molar-refractivity contribution in [1.29, 1.82) is 0 Å². The molecule has 10 heavy (non-hydrogen) atoms. The normalized spacial score (nSPS) is 9.40. The third-order valence-corrected chi connectivity index (χ3v) is 0.900. The molecule has 0 aromatic carbocycles. The molecule has 4 nitrogen and oxygen atoms in total. The molecule has 3 N–H and O–H groups in total. The third-order valence-electron chi connectivity index (χ3n) is 0.900. The molecule has 0 aliphatic carbocycles. The number of hydrogen-bond acceptors (Lipinski definition) is 3. The number of carbonyl (C=O) groups excluding carboxylic acids is 1. The van der Waals surface area contributed by atoms with E-state index in [9.17, 15) is 4.79 Å². The van der Waals surface area contributed by atoms with Crippen molar-refractivity contribution >= 4 is 6.09 Å². The molecule has 0 heterocycles. The van der Waals surface area contributed by atoms with Crippen molar-refractivity contribution in [3.8, 4) is 0 Å². The molecule has 1 amide bonds. The second kappa shape index (κ2) is 6.51. The smallest absolute Gasteiger partial charge is 0.420 e. The van der Waals surface area contributed by atoms with Crippen molar-refractivity contribution in [3.05, 3.63) is 0 Å². The Morgan fingerprint density at radius 3 is 2.70 bits per heavy atom. The SMILES string of the molecule is CCOCCCOC([NH3+])=O. The van der Waals surface area contributed by atoms with Gasteiger partial charge in [-0.1, -0.05) is 0 Å². The maximum Gasteiger partial charge on any atom is 0.511 e. The molecule has 0 bridgehead atoms. The molecule has 0 saturated heterocycles. The molecule has 0 atom stereocenters. The van der Waals surface area contributed by atoms with E-state index in [-0.39, 0.29) is 0 Å². The van der Waals surface area contributed by atoms with Gasteiger partial charge in [-0.05, 0) is 6.92 Å². The van der Waals surface area contributed by atoms with E-state index < -0.39 is 6.09 Å². The van der Waals surface area contributed by atoms with Gasteiger partial charge in [0.15, 0.2) is 0 Å². The van der Waals surface area contributed by atoms with Crippen molar-refractivity contribution in [1.82, 2.24) is 0 Å². The third kappa shape index (κ3) is 7.39. The first-order valence-corrected chi connectivity index (χ1v) is 3.33. The summed E-state index contributed by atoms with van der Waals surface area (Å²) < 4.78 is 9.56. The average molecular weight is 148 g/mol. The molecule has 0 fully saturated rings. The number of amides is 1. The second-order valence-electron chi connectivity index (χ2n) is 1.77. The van der Waals surface area contributed by atoms with Crippen LogP contribution in [-0.4, -0.2) is 25.9 Å².